The molecule has 2 aromatic carbocycles. The van der Waals surface area contributed by atoms with E-state index in [1.54, 1.807) is 18.0 Å². The summed E-state index contributed by atoms with van der Waals surface area (Å²) in [5.41, 5.74) is 1.53. The fraction of sp³-hybridized carbons (Fsp3) is 0.118. The summed E-state index contributed by atoms with van der Waals surface area (Å²) in [5, 5.41) is 11.5. The van der Waals surface area contributed by atoms with Crippen molar-refractivity contribution in [2.24, 2.45) is 0 Å². The SMILES string of the molecule is COc1ccccc1-n1cnnc1SCC(=O)Nc1ccc(Br)cc1Br. The van der Waals surface area contributed by atoms with E-state index in [1.807, 2.05) is 42.5 Å². The number of rotatable bonds is 6. The summed E-state index contributed by atoms with van der Waals surface area (Å²) >= 11 is 8.12. The first kappa shape index (κ1) is 18.9. The third-order valence-electron chi connectivity index (χ3n) is 3.40. The molecule has 0 aliphatic heterocycles. The highest BCUT2D eigenvalue weighted by atomic mass is 79.9. The first-order valence-electron chi connectivity index (χ1n) is 7.49. The summed E-state index contributed by atoms with van der Waals surface area (Å²) in [6, 6.07) is 13.1. The lowest BCUT2D eigenvalue weighted by molar-refractivity contribution is -0.113. The van der Waals surface area contributed by atoms with Crippen molar-refractivity contribution in [3.05, 3.63) is 57.7 Å². The van der Waals surface area contributed by atoms with E-state index >= 15 is 0 Å². The number of aromatic nitrogens is 3. The fourth-order valence-corrected chi connectivity index (χ4v) is 4.09. The number of hydrogen-bond acceptors (Lipinski definition) is 5. The Morgan fingerprint density at radius 1 is 1.27 bits per heavy atom. The Bertz CT molecular complexity index is 933. The van der Waals surface area contributed by atoms with Crippen LogP contribution in [0.25, 0.3) is 5.69 Å². The number of methoxy groups -OCH3 is 1. The minimum atomic E-state index is -0.132. The number of ether oxygens (including phenoxy) is 1. The Morgan fingerprint density at radius 2 is 2.08 bits per heavy atom. The molecule has 9 heteroatoms. The highest BCUT2D eigenvalue weighted by molar-refractivity contribution is 9.11. The molecule has 0 fully saturated rings. The van der Waals surface area contributed by atoms with Crippen molar-refractivity contribution in [3.8, 4) is 11.4 Å². The highest BCUT2D eigenvalue weighted by Crippen LogP contribution is 2.28. The predicted molar refractivity (Wildman–Crippen MR) is 109 cm³/mol. The minimum Gasteiger partial charge on any atom is -0.495 e. The van der Waals surface area contributed by atoms with E-state index in [2.05, 4.69) is 47.4 Å². The number of halogens is 2. The van der Waals surface area contributed by atoms with Gasteiger partial charge in [0, 0.05) is 8.95 Å². The molecule has 0 atom stereocenters. The number of carbonyl (C=O) groups excluding carboxylic acids is 1. The van der Waals surface area contributed by atoms with Gasteiger partial charge in [-0.3, -0.25) is 9.36 Å². The van der Waals surface area contributed by atoms with Crippen LogP contribution in [0.3, 0.4) is 0 Å². The van der Waals surface area contributed by atoms with E-state index in [-0.39, 0.29) is 11.7 Å². The monoisotopic (exact) mass is 496 g/mol. The van der Waals surface area contributed by atoms with Crippen LogP contribution in [-0.2, 0) is 4.79 Å². The van der Waals surface area contributed by atoms with Gasteiger partial charge in [-0.2, -0.15) is 0 Å². The van der Waals surface area contributed by atoms with Gasteiger partial charge in [0.25, 0.3) is 0 Å². The van der Waals surface area contributed by atoms with Crippen LogP contribution in [0.5, 0.6) is 5.75 Å². The second kappa shape index (κ2) is 8.70. The molecule has 0 unspecified atom stereocenters. The van der Waals surface area contributed by atoms with Gasteiger partial charge in [-0.15, -0.1) is 10.2 Å². The van der Waals surface area contributed by atoms with Crippen LogP contribution in [0, 0.1) is 0 Å². The molecule has 0 spiro atoms. The average molecular weight is 498 g/mol. The molecule has 1 amide bonds. The number of carbonyl (C=O) groups is 1. The zero-order valence-corrected chi connectivity index (χ0v) is 17.6. The summed E-state index contributed by atoms with van der Waals surface area (Å²) in [6.45, 7) is 0. The number of nitrogens with one attached hydrogen (secondary N) is 1. The van der Waals surface area contributed by atoms with Gasteiger partial charge in [-0.25, -0.2) is 0 Å². The standard InChI is InChI=1S/C17H14Br2N4O2S/c1-25-15-5-3-2-4-14(15)23-10-20-22-17(23)26-9-16(24)21-13-7-6-11(18)8-12(13)19/h2-8,10H,9H2,1H3,(H,21,24). The number of para-hydroxylation sites is 2. The molecule has 0 saturated carbocycles. The Morgan fingerprint density at radius 3 is 2.85 bits per heavy atom. The van der Waals surface area contributed by atoms with Crippen molar-refractivity contribution in [1.29, 1.82) is 0 Å². The number of anilines is 1. The second-order valence-electron chi connectivity index (χ2n) is 5.12. The molecule has 0 radical (unpaired) electrons. The molecular formula is C17H14Br2N4O2S. The zero-order valence-electron chi connectivity index (χ0n) is 13.6. The van der Waals surface area contributed by atoms with Gasteiger partial charge in [0.15, 0.2) is 5.16 Å². The molecule has 0 aliphatic carbocycles. The maximum absolute atomic E-state index is 12.3. The van der Waals surface area contributed by atoms with Gasteiger partial charge in [-0.05, 0) is 46.3 Å². The van der Waals surface area contributed by atoms with E-state index in [1.165, 1.54) is 11.8 Å². The molecule has 0 saturated heterocycles. The van der Waals surface area contributed by atoms with E-state index in [0.29, 0.717) is 16.6 Å². The van der Waals surface area contributed by atoms with E-state index < -0.39 is 0 Å². The normalized spacial score (nSPS) is 10.6. The van der Waals surface area contributed by atoms with Crippen molar-refractivity contribution >= 4 is 55.2 Å². The molecular weight excluding hydrogens is 484 g/mol. The lowest BCUT2D eigenvalue weighted by Crippen LogP contribution is -2.15. The first-order chi connectivity index (χ1) is 12.6. The summed E-state index contributed by atoms with van der Waals surface area (Å²) < 4.78 is 8.92. The smallest absolute Gasteiger partial charge is 0.234 e. The van der Waals surface area contributed by atoms with Crippen LogP contribution >= 0.6 is 43.6 Å². The minimum absolute atomic E-state index is 0.132. The van der Waals surface area contributed by atoms with E-state index in [9.17, 15) is 4.79 Å². The van der Waals surface area contributed by atoms with Crippen LogP contribution in [0.2, 0.25) is 0 Å². The van der Waals surface area contributed by atoms with Crippen LogP contribution < -0.4 is 10.1 Å². The molecule has 134 valence electrons. The number of amides is 1. The van der Waals surface area contributed by atoms with Crippen LogP contribution in [0.15, 0.2) is 62.9 Å². The summed E-state index contributed by atoms with van der Waals surface area (Å²) in [6.07, 6.45) is 1.60. The van der Waals surface area contributed by atoms with Crippen LogP contribution in [0.1, 0.15) is 0 Å². The third-order valence-corrected chi connectivity index (χ3v) is 5.49. The molecule has 1 aromatic heterocycles. The van der Waals surface area contributed by atoms with Crippen molar-refractivity contribution in [3.63, 3.8) is 0 Å². The summed E-state index contributed by atoms with van der Waals surface area (Å²) in [5.74, 6) is 0.779. The maximum atomic E-state index is 12.3. The lowest BCUT2D eigenvalue weighted by atomic mass is 10.3. The molecule has 0 bridgehead atoms. The lowest BCUT2D eigenvalue weighted by Gasteiger charge is -2.11. The topological polar surface area (TPSA) is 69.0 Å². The fourth-order valence-electron chi connectivity index (χ4n) is 2.22. The molecule has 0 aliphatic rings. The van der Waals surface area contributed by atoms with Crippen molar-refractivity contribution in [2.75, 3.05) is 18.2 Å². The third kappa shape index (κ3) is 4.46. The average Bonchev–Trinajstić information content (AvgIpc) is 3.10. The van der Waals surface area contributed by atoms with Crippen molar-refractivity contribution in [1.82, 2.24) is 14.8 Å². The van der Waals surface area contributed by atoms with Gasteiger partial charge < -0.3 is 10.1 Å². The van der Waals surface area contributed by atoms with Crippen molar-refractivity contribution in [2.45, 2.75) is 5.16 Å². The highest BCUT2D eigenvalue weighted by Gasteiger charge is 2.13. The Kier molecular flexibility index (Phi) is 6.33. The molecule has 1 N–H and O–H groups in total. The molecule has 26 heavy (non-hydrogen) atoms. The quantitative estimate of drug-likeness (QED) is 0.506. The van der Waals surface area contributed by atoms with Gasteiger partial charge >= 0.3 is 0 Å². The van der Waals surface area contributed by atoms with Gasteiger partial charge in [-0.1, -0.05) is 39.8 Å². The number of nitrogens with zero attached hydrogens (tertiary/aromatic N) is 3. The van der Waals surface area contributed by atoms with E-state index in [0.717, 1.165) is 14.6 Å². The largest absolute Gasteiger partial charge is 0.495 e. The number of hydrogen-bond donors (Lipinski definition) is 1. The van der Waals surface area contributed by atoms with Crippen molar-refractivity contribution < 1.29 is 9.53 Å². The van der Waals surface area contributed by atoms with Gasteiger partial charge in [0.2, 0.25) is 5.91 Å². The number of benzene rings is 2. The number of thioether (sulfide) groups is 1. The Hall–Kier alpha value is -1.84. The zero-order chi connectivity index (χ0) is 18.5. The summed E-state index contributed by atoms with van der Waals surface area (Å²) in [7, 11) is 1.61. The van der Waals surface area contributed by atoms with Gasteiger partial charge in [0.05, 0.1) is 24.2 Å². The first-order valence-corrected chi connectivity index (χ1v) is 10.1. The maximum Gasteiger partial charge on any atom is 0.234 e. The van der Waals surface area contributed by atoms with Crippen LogP contribution in [0.4, 0.5) is 5.69 Å². The molecule has 6 nitrogen and oxygen atoms in total. The predicted octanol–water partition coefficient (Wildman–Crippen LogP) is 4.53. The summed E-state index contributed by atoms with van der Waals surface area (Å²) in [4.78, 5) is 12.3. The van der Waals surface area contributed by atoms with Gasteiger partial charge in [0.1, 0.15) is 12.1 Å². The Balaban J connectivity index is 1.69. The second-order valence-corrected chi connectivity index (χ2v) is 7.83. The molecule has 3 aromatic rings. The molecule has 3 rings (SSSR count). The van der Waals surface area contributed by atoms with Crippen LogP contribution in [-0.4, -0.2) is 33.5 Å². The molecule has 1 heterocycles. The Labute approximate surface area is 171 Å². The van der Waals surface area contributed by atoms with E-state index in [4.69, 9.17) is 4.74 Å².